The van der Waals surface area contributed by atoms with Gasteiger partial charge in [-0.15, -0.1) is 0 Å². The molecule has 1 amide bonds. The Balaban J connectivity index is 1.54. The summed E-state index contributed by atoms with van der Waals surface area (Å²) >= 11 is 0. The number of likely N-dealkylation sites (tertiary alicyclic amines) is 1. The van der Waals surface area contributed by atoms with Crippen LogP contribution in [0.1, 0.15) is 73.2 Å². The van der Waals surface area contributed by atoms with Crippen LogP contribution >= 0.6 is 0 Å². The van der Waals surface area contributed by atoms with Crippen molar-refractivity contribution in [2.75, 3.05) is 13.2 Å². The molecule has 0 bridgehead atoms. The lowest BCUT2D eigenvalue weighted by atomic mass is 10.1. The Bertz CT molecular complexity index is 1460. The average Bonchev–Trinajstić information content (AvgIpc) is 3.44. The van der Waals surface area contributed by atoms with E-state index < -0.39 is 11.8 Å². The largest absolute Gasteiger partial charge is 0.460 e. The van der Waals surface area contributed by atoms with Gasteiger partial charge in [0.25, 0.3) is 5.91 Å². The first-order valence-corrected chi connectivity index (χ1v) is 12.5. The van der Waals surface area contributed by atoms with Crippen LogP contribution < -0.4 is 0 Å². The first-order chi connectivity index (χ1) is 17.4. The highest BCUT2D eigenvalue weighted by Gasteiger charge is 2.26. The molecule has 1 atom stereocenters. The Hall–Kier alpha value is -3.75. The van der Waals surface area contributed by atoms with Gasteiger partial charge in [-0.3, -0.25) is 4.79 Å². The van der Waals surface area contributed by atoms with E-state index in [1.54, 1.807) is 35.7 Å². The Morgan fingerprint density at radius 1 is 1.17 bits per heavy atom. The molecule has 0 spiro atoms. The van der Waals surface area contributed by atoms with Gasteiger partial charge in [0.05, 0.1) is 17.7 Å². The lowest BCUT2D eigenvalue weighted by Crippen LogP contribution is -2.38. The highest BCUT2D eigenvalue weighted by molar-refractivity contribution is 5.95. The van der Waals surface area contributed by atoms with E-state index in [2.05, 4.69) is 17.0 Å². The van der Waals surface area contributed by atoms with Crippen LogP contribution in [-0.2, 0) is 11.2 Å². The molecule has 3 aromatic heterocycles. The summed E-state index contributed by atoms with van der Waals surface area (Å²) in [7, 11) is 0. The zero-order chi connectivity index (χ0) is 25.4. The molecule has 8 nitrogen and oxygen atoms in total. The maximum absolute atomic E-state index is 15.5. The van der Waals surface area contributed by atoms with Crippen LogP contribution in [-0.4, -0.2) is 50.6 Å². The predicted octanol–water partition coefficient (Wildman–Crippen LogP) is 5.43. The molecule has 4 aromatic rings. The molecule has 5 rings (SSSR count). The number of esters is 1. The molecule has 1 aliphatic heterocycles. The number of carbonyl (C=O) groups is 2. The van der Waals surface area contributed by atoms with Crippen molar-refractivity contribution in [1.82, 2.24) is 19.5 Å². The molecule has 36 heavy (non-hydrogen) atoms. The maximum Gasteiger partial charge on any atom is 0.374 e. The second-order valence-corrected chi connectivity index (χ2v) is 9.15. The highest BCUT2D eigenvalue weighted by Crippen LogP contribution is 2.31. The van der Waals surface area contributed by atoms with Crippen molar-refractivity contribution < 1.29 is 23.1 Å². The van der Waals surface area contributed by atoms with Gasteiger partial charge < -0.3 is 14.1 Å². The molecule has 0 unspecified atom stereocenters. The number of aryl methyl sites for hydroxylation is 1. The minimum atomic E-state index is -0.643. The van der Waals surface area contributed by atoms with Crippen LogP contribution in [0.2, 0.25) is 0 Å². The maximum atomic E-state index is 15.5. The van der Waals surface area contributed by atoms with Crippen LogP contribution in [0.3, 0.4) is 0 Å². The zero-order valence-electron chi connectivity index (χ0n) is 20.7. The van der Waals surface area contributed by atoms with Gasteiger partial charge >= 0.3 is 5.97 Å². The number of rotatable bonds is 5. The Morgan fingerprint density at radius 3 is 2.78 bits per heavy atom. The number of halogens is 1. The number of aromatic nitrogens is 3. The number of carbonyl (C=O) groups excluding carboxylic acids is 2. The topological polar surface area (TPSA) is 89.9 Å². The smallest absolute Gasteiger partial charge is 0.374 e. The first-order valence-electron chi connectivity index (χ1n) is 12.5. The minimum absolute atomic E-state index is 0.0567. The van der Waals surface area contributed by atoms with Gasteiger partial charge in [-0.2, -0.15) is 5.10 Å². The molecule has 0 saturated carbocycles. The van der Waals surface area contributed by atoms with Crippen molar-refractivity contribution in [2.45, 2.75) is 58.9 Å². The summed E-state index contributed by atoms with van der Waals surface area (Å²) in [6, 6.07) is 8.14. The molecular formula is C27H29FN4O4. The van der Waals surface area contributed by atoms with Crippen LogP contribution in [0, 0.1) is 5.82 Å². The van der Waals surface area contributed by atoms with E-state index in [9.17, 15) is 9.59 Å². The molecule has 0 aliphatic carbocycles. The summed E-state index contributed by atoms with van der Waals surface area (Å²) in [6.45, 7) is 6.67. The quantitative estimate of drug-likeness (QED) is 0.345. The van der Waals surface area contributed by atoms with E-state index in [0.29, 0.717) is 23.5 Å². The molecule has 1 aliphatic rings. The standard InChI is InChI=1S/C27H29FN4O4/c1-4-17-13-21(26(33)31-12-8-6-7-9-16(31)3)29-24-15-20(30-32(17)24)18-10-11-22-19(25(18)28)14-23(36-22)27(34)35-5-2/h10-11,13-16H,4-9,12H2,1-3H3/t16-/m1/s1. The molecule has 1 fully saturated rings. The van der Waals surface area contributed by atoms with Crippen LogP contribution in [0.15, 0.2) is 34.7 Å². The van der Waals surface area contributed by atoms with Crippen molar-refractivity contribution in [2.24, 2.45) is 0 Å². The summed E-state index contributed by atoms with van der Waals surface area (Å²) in [5.74, 6) is -1.33. The number of amides is 1. The summed E-state index contributed by atoms with van der Waals surface area (Å²) in [5.41, 5.74) is 2.54. The van der Waals surface area contributed by atoms with Gasteiger partial charge in [0.2, 0.25) is 5.76 Å². The molecular weight excluding hydrogens is 463 g/mol. The lowest BCUT2D eigenvalue weighted by molar-refractivity contribution is 0.0492. The van der Waals surface area contributed by atoms with Gasteiger partial charge in [-0.05, 0) is 51.3 Å². The second kappa shape index (κ2) is 9.72. The number of ether oxygens (including phenoxy) is 1. The Kier molecular flexibility index (Phi) is 6.47. The summed E-state index contributed by atoms with van der Waals surface area (Å²) in [6.07, 6.45) is 4.85. The van der Waals surface area contributed by atoms with Gasteiger partial charge in [0, 0.05) is 36.0 Å². The van der Waals surface area contributed by atoms with Crippen molar-refractivity contribution in [3.63, 3.8) is 0 Å². The highest BCUT2D eigenvalue weighted by atomic mass is 19.1. The number of benzene rings is 1. The summed E-state index contributed by atoms with van der Waals surface area (Å²) in [4.78, 5) is 31.9. The fraction of sp³-hybridized carbons (Fsp3) is 0.407. The molecule has 1 aromatic carbocycles. The third-order valence-electron chi connectivity index (χ3n) is 6.78. The molecule has 0 N–H and O–H groups in total. The second-order valence-electron chi connectivity index (χ2n) is 9.15. The molecule has 9 heteroatoms. The number of hydrogen-bond acceptors (Lipinski definition) is 6. The van der Waals surface area contributed by atoms with Crippen molar-refractivity contribution in [3.05, 3.63) is 53.3 Å². The average molecular weight is 493 g/mol. The van der Waals surface area contributed by atoms with Gasteiger partial charge in [0.15, 0.2) is 5.65 Å². The number of nitrogens with zero attached hydrogens (tertiary/aromatic N) is 4. The molecule has 4 heterocycles. The van der Waals surface area contributed by atoms with Crippen LogP contribution in [0.5, 0.6) is 0 Å². The summed E-state index contributed by atoms with van der Waals surface area (Å²) < 4.78 is 27.6. The van der Waals surface area contributed by atoms with E-state index in [1.807, 2.05) is 11.8 Å². The van der Waals surface area contributed by atoms with E-state index in [1.165, 1.54) is 6.07 Å². The molecule has 188 valence electrons. The van der Waals surface area contributed by atoms with Crippen molar-refractivity contribution in [3.8, 4) is 11.3 Å². The normalized spacial score (nSPS) is 16.4. The fourth-order valence-corrected chi connectivity index (χ4v) is 4.83. The van der Waals surface area contributed by atoms with E-state index in [4.69, 9.17) is 9.15 Å². The Morgan fingerprint density at radius 2 is 2.00 bits per heavy atom. The van der Waals surface area contributed by atoms with Crippen LogP contribution in [0.25, 0.3) is 27.9 Å². The minimum Gasteiger partial charge on any atom is -0.460 e. The number of fused-ring (bicyclic) bond motifs is 2. The monoisotopic (exact) mass is 492 g/mol. The van der Waals surface area contributed by atoms with Gasteiger partial charge in [-0.25, -0.2) is 18.7 Å². The lowest BCUT2D eigenvalue weighted by Gasteiger charge is -2.27. The molecule has 1 saturated heterocycles. The Labute approximate surface area is 208 Å². The van der Waals surface area contributed by atoms with Gasteiger partial charge in [-0.1, -0.05) is 19.8 Å². The van der Waals surface area contributed by atoms with Crippen LogP contribution in [0.4, 0.5) is 4.39 Å². The third kappa shape index (κ3) is 4.23. The van der Waals surface area contributed by atoms with Gasteiger partial charge in [0.1, 0.15) is 17.1 Å². The van der Waals surface area contributed by atoms with E-state index in [0.717, 1.165) is 37.9 Å². The molecule has 0 radical (unpaired) electrons. The predicted molar refractivity (Wildman–Crippen MR) is 132 cm³/mol. The van der Waals surface area contributed by atoms with E-state index in [-0.39, 0.29) is 40.8 Å². The third-order valence-corrected chi connectivity index (χ3v) is 6.78. The zero-order valence-corrected chi connectivity index (χ0v) is 20.7. The van der Waals surface area contributed by atoms with Crippen molar-refractivity contribution in [1.29, 1.82) is 0 Å². The first kappa shape index (κ1) is 24.0. The van der Waals surface area contributed by atoms with E-state index >= 15 is 4.39 Å². The number of furan rings is 1. The number of hydrogen-bond donors (Lipinski definition) is 0. The summed E-state index contributed by atoms with van der Waals surface area (Å²) in [5, 5.41) is 4.77. The SMILES string of the molecule is CCOC(=O)c1cc2c(F)c(-c3cc4nc(C(=O)N5CCCCC[C@H]5C)cc(CC)n4n3)ccc2o1. The fourth-order valence-electron chi connectivity index (χ4n) is 4.83. The van der Waals surface area contributed by atoms with Crippen molar-refractivity contribution >= 4 is 28.5 Å².